The van der Waals surface area contributed by atoms with Crippen LogP contribution >= 0.6 is 0 Å². The third-order valence-electron chi connectivity index (χ3n) is 12.7. The molecule has 0 spiro atoms. The first-order valence-corrected chi connectivity index (χ1v) is 15.8. The highest BCUT2D eigenvalue weighted by Gasteiger charge is 2.90. The Kier molecular flexibility index (Phi) is 7.47. The first-order chi connectivity index (χ1) is 21.8. The van der Waals surface area contributed by atoms with Crippen molar-refractivity contribution in [2.45, 2.75) is 103 Å². The number of hydrogen-bond acceptors (Lipinski definition) is 14. The zero-order chi connectivity index (χ0) is 34.6. The molecular formula is C33H42O14. The zero-order valence-electron chi connectivity index (χ0n) is 27.4. The standard InChI is InChI=1S/C33H42O14/c1-14(34)44-20-10-19-31(6)24(23(38)28(39)42-7)29(4)13-32(31,40)22(26(29)45-15(2)35)27(46-16(3)36)33(19,41)18-11-21(37)47-25(30(18,20)5)17-8-9-43-12-17/h8-9,12,18-20,22-27,38,40-41H,10-11,13H2,1-7H3/t18-,19-,20+,22+,23+,24+,25+,26-,27-,29-,30+,31-,32+,33+/m1/s1. The molecule has 6 rings (SSSR count). The molecule has 14 nitrogen and oxygen atoms in total. The Balaban J connectivity index is 1.66. The average Bonchev–Trinajstić information content (AvgIpc) is 3.62. The Morgan fingerprint density at radius 3 is 2.13 bits per heavy atom. The molecule has 258 valence electrons. The van der Waals surface area contributed by atoms with Crippen LogP contribution < -0.4 is 0 Å². The molecule has 0 radical (unpaired) electrons. The molecule has 0 aromatic carbocycles. The van der Waals surface area contributed by atoms with Crippen LogP contribution in [-0.4, -0.2) is 87.9 Å². The second-order valence-electron chi connectivity index (χ2n) is 14.7. The maximum atomic E-state index is 13.5. The van der Waals surface area contributed by atoms with Crippen LogP contribution in [-0.2, 0) is 47.7 Å². The van der Waals surface area contributed by atoms with Gasteiger partial charge in [-0.25, -0.2) is 4.79 Å². The second kappa shape index (κ2) is 10.5. The fourth-order valence-electron chi connectivity index (χ4n) is 11.3. The minimum absolute atomic E-state index is 0.109. The fraction of sp³-hybridized carbons (Fsp3) is 0.727. The normalized spacial score (nSPS) is 46.7. The topological polar surface area (TPSA) is 205 Å². The molecule has 1 saturated heterocycles. The number of esters is 5. The van der Waals surface area contributed by atoms with E-state index in [9.17, 15) is 39.3 Å². The summed E-state index contributed by atoms with van der Waals surface area (Å²) >= 11 is 0. The molecule has 5 aliphatic rings. The molecule has 4 saturated carbocycles. The number of aliphatic hydroxyl groups is 3. The van der Waals surface area contributed by atoms with Gasteiger partial charge in [-0.05, 0) is 18.9 Å². The predicted octanol–water partition coefficient (Wildman–Crippen LogP) is 1.38. The summed E-state index contributed by atoms with van der Waals surface area (Å²) in [5.74, 6) is -8.67. The van der Waals surface area contributed by atoms with Gasteiger partial charge in [0.25, 0.3) is 0 Å². The Bertz CT molecular complexity index is 1510. The van der Waals surface area contributed by atoms with E-state index in [0.717, 1.165) is 14.0 Å². The Labute approximate surface area is 271 Å². The van der Waals surface area contributed by atoms with Crippen molar-refractivity contribution in [2.75, 3.05) is 7.11 Å². The molecule has 14 atom stereocenters. The molecule has 3 N–H and O–H groups in total. The summed E-state index contributed by atoms with van der Waals surface area (Å²) in [6, 6.07) is 1.59. The van der Waals surface area contributed by atoms with Gasteiger partial charge in [-0.1, -0.05) is 20.8 Å². The third-order valence-corrected chi connectivity index (χ3v) is 12.7. The maximum Gasteiger partial charge on any atom is 0.335 e. The lowest BCUT2D eigenvalue weighted by Crippen LogP contribution is -2.83. The number of carbonyl (C=O) groups excluding carboxylic acids is 5. The first-order valence-electron chi connectivity index (χ1n) is 15.8. The highest BCUT2D eigenvalue weighted by atomic mass is 16.6. The number of rotatable bonds is 6. The summed E-state index contributed by atoms with van der Waals surface area (Å²) in [5.41, 5.74) is -7.92. The molecule has 2 heterocycles. The molecule has 14 heteroatoms. The van der Waals surface area contributed by atoms with Gasteiger partial charge in [0.1, 0.15) is 30.0 Å². The van der Waals surface area contributed by atoms with Gasteiger partial charge in [0.15, 0.2) is 6.10 Å². The van der Waals surface area contributed by atoms with E-state index in [1.807, 2.05) is 0 Å². The Morgan fingerprint density at radius 1 is 0.957 bits per heavy atom. The van der Waals surface area contributed by atoms with Crippen LogP contribution in [0.1, 0.15) is 72.5 Å². The fourth-order valence-corrected chi connectivity index (χ4v) is 11.3. The number of furan rings is 1. The van der Waals surface area contributed by atoms with Crippen molar-refractivity contribution in [3.63, 3.8) is 0 Å². The monoisotopic (exact) mass is 662 g/mol. The van der Waals surface area contributed by atoms with E-state index in [1.165, 1.54) is 26.4 Å². The summed E-state index contributed by atoms with van der Waals surface area (Å²) in [6.07, 6.45) is -4.71. The quantitative estimate of drug-likeness (QED) is 0.291. The van der Waals surface area contributed by atoms with Gasteiger partial charge in [-0.3, -0.25) is 19.2 Å². The van der Waals surface area contributed by atoms with Crippen LogP contribution in [0.4, 0.5) is 0 Å². The SMILES string of the molecule is COC(=O)[C@@H](O)[C@H]1[C@@]2(C)C[C@]3(O)[C@@H]([C@H]2OC(C)=O)[C@@H](OC(C)=O)[C@]2(O)[C@@H]4CC(=O)O[C@@H](c5ccoc5)[C@]4(C)[C@@H](OC(C)=O)C[C@@H]2[C@]13C. The average molecular weight is 663 g/mol. The summed E-state index contributed by atoms with van der Waals surface area (Å²) in [7, 11) is 1.10. The summed E-state index contributed by atoms with van der Waals surface area (Å²) < 4.78 is 34.0. The molecule has 1 aliphatic heterocycles. The van der Waals surface area contributed by atoms with Crippen LogP contribution in [0.2, 0.25) is 0 Å². The van der Waals surface area contributed by atoms with Crippen molar-refractivity contribution < 1.29 is 67.4 Å². The van der Waals surface area contributed by atoms with E-state index in [4.69, 9.17) is 28.1 Å². The van der Waals surface area contributed by atoms with E-state index in [1.54, 1.807) is 26.8 Å². The van der Waals surface area contributed by atoms with Gasteiger partial charge in [-0.15, -0.1) is 0 Å². The van der Waals surface area contributed by atoms with Crippen molar-refractivity contribution in [1.29, 1.82) is 0 Å². The van der Waals surface area contributed by atoms with Gasteiger partial charge in [0, 0.05) is 54.9 Å². The van der Waals surface area contributed by atoms with Gasteiger partial charge >= 0.3 is 29.8 Å². The number of hydrogen-bond donors (Lipinski definition) is 3. The van der Waals surface area contributed by atoms with E-state index < -0.39 is 118 Å². The van der Waals surface area contributed by atoms with E-state index in [2.05, 4.69) is 0 Å². The predicted molar refractivity (Wildman–Crippen MR) is 154 cm³/mol. The van der Waals surface area contributed by atoms with Crippen LogP contribution in [0.15, 0.2) is 23.0 Å². The summed E-state index contributed by atoms with van der Waals surface area (Å²) in [5, 5.41) is 38.1. The molecule has 0 amide bonds. The van der Waals surface area contributed by atoms with E-state index in [-0.39, 0.29) is 12.8 Å². The van der Waals surface area contributed by atoms with Gasteiger partial charge in [0.05, 0.1) is 43.0 Å². The third kappa shape index (κ3) is 4.10. The molecule has 4 aliphatic carbocycles. The highest BCUT2D eigenvalue weighted by Crippen LogP contribution is 2.81. The highest BCUT2D eigenvalue weighted by molar-refractivity contribution is 5.76. The van der Waals surface area contributed by atoms with Crippen LogP contribution in [0.5, 0.6) is 0 Å². The molecule has 1 aromatic heterocycles. The molecule has 5 fully saturated rings. The van der Waals surface area contributed by atoms with Crippen LogP contribution in [0.3, 0.4) is 0 Å². The first kappa shape index (κ1) is 33.4. The van der Waals surface area contributed by atoms with Crippen LogP contribution in [0.25, 0.3) is 0 Å². The Morgan fingerprint density at radius 2 is 1.57 bits per heavy atom. The van der Waals surface area contributed by atoms with Crippen molar-refractivity contribution in [3.8, 4) is 0 Å². The van der Waals surface area contributed by atoms with Crippen molar-refractivity contribution in [1.82, 2.24) is 0 Å². The molecule has 47 heavy (non-hydrogen) atoms. The number of aliphatic hydroxyl groups excluding tert-OH is 1. The number of carbonyl (C=O) groups is 5. The van der Waals surface area contributed by atoms with Crippen molar-refractivity contribution in [2.24, 2.45) is 39.9 Å². The smallest absolute Gasteiger partial charge is 0.335 e. The minimum Gasteiger partial charge on any atom is -0.472 e. The summed E-state index contributed by atoms with van der Waals surface area (Å²) in [6.45, 7) is 8.55. The lowest BCUT2D eigenvalue weighted by atomic mass is 9.36. The minimum atomic E-state index is -2.19. The molecule has 2 bridgehead atoms. The number of fused-ring (bicyclic) bond motifs is 5. The zero-order valence-corrected chi connectivity index (χ0v) is 27.4. The van der Waals surface area contributed by atoms with Gasteiger partial charge in [-0.2, -0.15) is 0 Å². The second-order valence-corrected chi connectivity index (χ2v) is 14.7. The lowest BCUT2D eigenvalue weighted by molar-refractivity contribution is -0.368. The molecule has 1 aromatic rings. The summed E-state index contributed by atoms with van der Waals surface area (Å²) in [4.78, 5) is 64.7. The molecular weight excluding hydrogens is 620 g/mol. The molecule has 0 unspecified atom stereocenters. The largest absolute Gasteiger partial charge is 0.472 e. The van der Waals surface area contributed by atoms with Gasteiger partial charge in [0.2, 0.25) is 0 Å². The number of cyclic esters (lactones) is 1. The van der Waals surface area contributed by atoms with Crippen LogP contribution in [0, 0.1) is 39.9 Å². The van der Waals surface area contributed by atoms with E-state index in [0.29, 0.717) is 5.56 Å². The van der Waals surface area contributed by atoms with Gasteiger partial charge < -0.3 is 43.4 Å². The van der Waals surface area contributed by atoms with Crippen molar-refractivity contribution >= 4 is 29.8 Å². The number of ether oxygens (including phenoxy) is 5. The number of methoxy groups -OCH3 is 1. The maximum absolute atomic E-state index is 13.5. The van der Waals surface area contributed by atoms with E-state index >= 15 is 0 Å². The van der Waals surface area contributed by atoms with Crippen molar-refractivity contribution in [3.05, 3.63) is 24.2 Å². The Hall–Kier alpha value is -3.49. The lowest BCUT2D eigenvalue weighted by Gasteiger charge is -2.72.